The SMILES string of the molecule is Cc1cc(NCC2CCC(C)O2)ccc1O. The van der Waals surface area contributed by atoms with Crippen molar-refractivity contribution in [1.29, 1.82) is 0 Å². The van der Waals surface area contributed by atoms with Gasteiger partial charge in [0.05, 0.1) is 12.2 Å². The highest BCUT2D eigenvalue weighted by atomic mass is 16.5. The Bertz CT molecular complexity index is 365. The Morgan fingerprint density at radius 3 is 2.88 bits per heavy atom. The molecule has 1 aliphatic heterocycles. The maximum absolute atomic E-state index is 9.41. The molecule has 1 heterocycles. The maximum Gasteiger partial charge on any atom is 0.118 e. The third-order valence-corrected chi connectivity index (χ3v) is 3.05. The number of aromatic hydroxyl groups is 1. The van der Waals surface area contributed by atoms with E-state index in [0.29, 0.717) is 18.0 Å². The number of ether oxygens (including phenoxy) is 1. The van der Waals surface area contributed by atoms with Crippen LogP contribution in [0.3, 0.4) is 0 Å². The summed E-state index contributed by atoms with van der Waals surface area (Å²) in [5, 5.41) is 12.7. The highest BCUT2D eigenvalue weighted by molar-refractivity contribution is 5.50. The van der Waals surface area contributed by atoms with Crippen LogP contribution in [0.25, 0.3) is 0 Å². The minimum absolute atomic E-state index is 0.323. The molecule has 2 N–H and O–H groups in total. The van der Waals surface area contributed by atoms with Crippen LogP contribution in [0.4, 0.5) is 5.69 Å². The molecule has 1 saturated heterocycles. The molecule has 2 rings (SSSR count). The number of phenols is 1. The molecule has 16 heavy (non-hydrogen) atoms. The normalized spacial score (nSPS) is 24.6. The minimum Gasteiger partial charge on any atom is -0.508 e. The van der Waals surface area contributed by atoms with Gasteiger partial charge in [-0.25, -0.2) is 0 Å². The Morgan fingerprint density at radius 2 is 2.25 bits per heavy atom. The fourth-order valence-electron chi connectivity index (χ4n) is 2.03. The highest BCUT2D eigenvalue weighted by Crippen LogP contribution is 2.22. The highest BCUT2D eigenvalue weighted by Gasteiger charge is 2.21. The van der Waals surface area contributed by atoms with E-state index in [2.05, 4.69) is 12.2 Å². The Balaban J connectivity index is 1.87. The van der Waals surface area contributed by atoms with E-state index in [1.165, 1.54) is 0 Å². The van der Waals surface area contributed by atoms with E-state index >= 15 is 0 Å². The van der Waals surface area contributed by atoms with Crippen LogP contribution in [0.15, 0.2) is 18.2 Å². The minimum atomic E-state index is 0.323. The molecule has 0 aliphatic carbocycles. The number of benzene rings is 1. The second-order valence-corrected chi connectivity index (χ2v) is 4.53. The summed E-state index contributed by atoms with van der Waals surface area (Å²) in [4.78, 5) is 0. The molecule has 0 spiro atoms. The molecule has 2 unspecified atom stereocenters. The zero-order valence-electron chi connectivity index (χ0n) is 9.86. The topological polar surface area (TPSA) is 41.5 Å². The quantitative estimate of drug-likeness (QED) is 0.771. The summed E-state index contributed by atoms with van der Waals surface area (Å²) < 4.78 is 5.73. The van der Waals surface area contributed by atoms with Crippen molar-refractivity contribution in [2.45, 2.75) is 38.9 Å². The van der Waals surface area contributed by atoms with Crippen molar-refractivity contribution in [2.75, 3.05) is 11.9 Å². The largest absolute Gasteiger partial charge is 0.508 e. The molecule has 0 aromatic heterocycles. The molecule has 0 saturated carbocycles. The monoisotopic (exact) mass is 221 g/mol. The summed E-state index contributed by atoms with van der Waals surface area (Å²) in [7, 11) is 0. The first kappa shape index (κ1) is 11.3. The van der Waals surface area contributed by atoms with E-state index in [1.54, 1.807) is 6.07 Å². The number of anilines is 1. The molecule has 1 fully saturated rings. The molecule has 0 radical (unpaired) electrons. The van der Waals surface area contributed by atoms with E-state index in [-0.39, 0.29) is 0 Å². The molecule has 1 aromatic rings. The molecule has 2 atom stereocenters. The average Bonchev–Trinajstić information content (AvgIpc) is 2.66. The van der Waals surface area contributed by atoms with Crippen molar-refractivity contribution < 1.29 is 9.84 Å². The van der Waals surface area contributed by atoms with Gasteiger partial charge in [-0.15, -0.1) is 0 Å². The van der Waals surface area contributed by atoms with Crippen LogP contribution >= 0.6 is 0 Å². The molecular weight excluding hydrogens is 202 g/mol. The number of nitrogens with one attached hydrogen (secondary N) is 1. The Kier molecular flexibility index (Phi) is 3.34. The van der Waals surface area contributed by atoms with Gasteiger partial charge in [0.15, 0.2) is 0 Å². The number of hydrogen-bond acceptors (Lipinski definition) is 3. The predicted molar refractivity (Wildman–Crippen MR) is 64.9 cm³/mol. The van der Waals surface area contributed by atoms with Gasteiger partial charge in [-0.1, -0.05) is 0 Å². The predicted octanol–water partition coefficient (Wildman–Crippen LogP) is 2.68. The van der Waals surface area contributed by atoms with Crippen molar-refractivity contribution in [3.8, 4) is 5.75 Å². The lowest BCUT2D eigenvalue weighted by Crippen LogP contribution is -2.19. The van der Waals surface area contributed by atoms with Gasteiger partial charge in [0.1, 0.15) is 5.75 Å². The fraction of sp³-hybridized carbons (Fsp3) is 0.538. The summed E-state index contributed by atoms with van der Waals surface area (Å²) in [6.07, 6.45) is 3.00. The fourth-order valence-corrected chi connectivity index (χ4v) is 2.03. The van der Waals surface area contributed by atoms with E-state index < -0.39 is 0 Å². The zero-order chi connectivity index (χ0) is 11.5. The standard InChI is InChI=1S/C13H19NO2/c1-9-7-11(4-6-13(9)15)14-8-12-5-3-10(2)16-12/h4,6-7,10,12,14-15H,3,5,8H2,1-2H3. The van der Waals surface area contributed by atoms with Crippen LogP contribution in [0, 0.1) is 6.92 Å². The maximum atomic E-state index is 9.41. The summed E-state index contributed by atoms with van der Waals surface area (Å²) in [5.74, 6) is 0.344. The molecular formula is C13H19NO2. The van der Waals surface area contributed by atoms with Crippen molar-refractivity contribution in [3.05, 3.63) is 23.8 Å². The van der Waals surface area contributed by atoms with Gasteiger partial charge in [-0.3, -0.25) is 0 Å². The summed E-state index contributed by atoms with van der Waals surface area (Å²) in [5.41, 5.74) is 1.93. The van der Waals surface area contributed by atoms with Gasteiger partial charge in [-0.05, 0) is 50.5 Å². The van der Waals surface area contributed by atoms with Gasteiger partial charge in [-0.2, -0.15) is 0 Å². The zero-order valence-corrected chi connectivity index (χ0v) is 9.86. The Morgan fingerprint density at radius 1 is 1.44 bits per heavy atom. The van der Waals surface area contributed by atoms with E-state index in [0.717, 1.165) is 30.6 Å². The van der Waals surface area contributed by atoms with Crippen LogP contribution in [-0.2, 0) is 4.74 Å². The lowest BCUT2D eigenvalue weighted by molar-refractivity contribution is 0.0637. The van der Waals surface area contributed by atoms with Crippen LogP contribution in [-0.4, -0.2) is 23.9 Å². The van der Waals surface area contributed by atoms with Crippen LogP contribution in [0.2, 0.25) is 0 Å². The lowest BCUT2D eigenvalue weighted by Gasteiger charge is -2.13. The molecule has 1 aromatic carbocycles. The van der Waals surface area contributed by atoms with Crippen molar-refractivity contribution in [3.63, 3.8) is 0 Å². The van der Waals surface area contributed by atoms with Gasteiger partial charge in [0, 0.05) is 12.2 Å². The number of hydrogen-bond donors (Lipinski definition) is 2. The van der Waals surface area contributed by atoms with Crippen molar-refractivity contribution >= 4 is 5.69 Å². The Labute approximate surface area is 96.4 Å². The molecule has 3 heteroatoms. The molecule has 0 amide bonds. The number of phenolic OH excluding ortho intramolecular Hbond substituents is 1. The van der Waals surface area contributed by atoms with Crippen molar-refractivity contribution in [2.24, 2.45) is 0 Å². The van der Waals surface area contributed by atoms with E-state index in [4.69, 9.17) is 4.74 Å². The van der Waals surface area contributed by atoms with Crippen molar-refractivity contribution in [1.82, 2.24) is 0 Å². The third-order valence-electron chi connectivity index (χ3n) is 3.05. The first-order chi connectivity index (χ1) is 7.65. The van der Waals surface area contributed by atoms with Crippen LogP contribution in [0.5, 0.6) is 5.75 Å². The van der Waals surface area contributed by atoms with Gasteiger partial charge in [0.25, 0.3) is 0 Å². The average molecular weight is 221 g/mol. The summed E-state index contributed by atoms with van der Waals surface area (Å²) in [6, 6.07) is 5.56. The van der Waals surface area contributed by atoms with Gasteiger partial charge >= 0.3 is 0 Å². The third kappa shape index (κ3) is 2.67. The number of rotatable bonds is 3. The summed E-state index contributed by atoms with van der Waals surface area (Å²) in [6.45, 7) is 4.86. The molecule has 0 bridgehead atoms. The lowest BCUT2D eigenvalue weighted by atomic mass is 10.2. The number of aryl methyl sites for hydroxylation is 1. The molecule has 3 nitrogen and oxygen atoms in total. The van der Waals surface area contributed by atoms with Gasteiger partial charge < -0.3 is 15.2 Å². The first-order valence-corrected chi connectivity index (χ1v) is 5.84. The van der Waals surface area contributed by atoms with Gasteiger partial charge in [0.2, 0.25) is 0 Å². The summed E-state index contributed by atoms with van der Waals surface area (Å²) >= 11 is 0. The molecule has 88 valence electrons. The van der Waals surface area contributed by atoms with Crippen LogP contribution < -0.4 is 5.32 Å². The smallest absolute Gasteiger partial charge is 0.118 e. The second kappa shape index (κ2) is 4.74. The van der Waals surface area contributed by atoms with E-state index in [1.807, 2.05) is 19.1 Å². The Hall–Kier alpha value is -1.22. The molecule has 1 aliphatic rings. The second-order valence-electron chi connectivity index (χ2n) is 4.53. The van der Waals surface area contributed by atoms with Crippen LogP contribution in [0.1, 0.15) is 25.3 Å². The first-order valence-electron chi connectivity index (χ1n) is 5.84. The van der Waals surface area contributed by atoms with E-state index in [9.17, 15) is 5.11 Å².